The Balaban J connectivity index is 1.43. The summed E-state index contributed by atoms with van der Waals surface area (Å²) in [6, 6.07) is 12.0. The highest BCUT2D eigenvalue weighted by molar-refractivity contribution is 7.89. The molecule has 2 heterocycles. The van der Waals surface area contributed by atoms with Gasteiger partial charge in [0.05, 0.1) is 17.2 Å². The van der Waals surface area contributed by atoms with Gasteiger partial charge in [-0.3, -0.25) is 9.69 Å². The number of carbonyl (C=O) groups is 1. The number of ether oxygens (including phenoxy) is 1. The second-order valence-corrected chi connectivity index (χ2v) is 11.2. The zero-order valence-corrected chi connectivity index (χ0v) is 20.5. The minimum Gasteiger partial charge on any atom is -0.373 e. The Morgan fingerprint density at radius 1 is 1.06 bits per heavy atom. The molecule has 2 aliphatic rings. The average Bonchev–Trinajstić information content (AvgIpc) is 3.31. The van der Waals surface area contributed by atoms with Gasteiger partial charge in [0.25, 0.3) is 5.91 Å². The van der Waals surface area contributed by atoms with Crippen LogP contribution in [0.15, 0.2) is 47.4 Å². The van der Waals surface area contributed by atoms with E-state index in [9.17, 15) is 13.2 Å². The van der Waals surface area contributed by atoms with Crippen molar-refractivity contribution in [2.45, 2.75) is 50.3 Å². The fourth-order valence-corrected chi connectivity index (χ4v) is 6.50. The SMILES string of the molecule is CC1CN(Cc2ccc(C(=O)Nc3ccc(Cl)c(S(=O)(=O)N4CCCC4)c3)cc2)CC(C)O1. The maximum Gasteiger partial charge on any atom is 0.255 e. The van der Waals surface area contributed by atoms with Crippen molar-refractivity contribution in [2.75, 3.05) is 31.5 Å². The number of morpholine rings is 1. The van der Waals surface area contributed by atoms with Crippen molar-refractivity contribution in [2.24, 2.45) is 0 Å². The molecule has 2 unspecified atom stereocenters. The third-order valence-corrected chi connectivity index (χ3v) is 8.37. The van der Waals surface area contributed by atoms with Crippen LogP contribution in [0.25, 0.3) is 0 Å². The Kier molecular flexibility index (Phi) is 7.40. The number of amides is 1. The lowest BCUT2D eigenvalue weighted by atomic mass is 10.1. The van der Waals surface area contributed by atoms with Crippen LogP contribution >= 0.6 is 11.6 Å². The highest BCUT2D eigenvalue weighted by atomic mass is 35.5. The number of halogens is 1. The zero-order chi connectivity index (χ0) is 23.6. The van der Waals surface area contributed by atoms with Gasteiger partial charge in [0, 0.05) is 44.0 Å². The molecule has 0 saturated carbocycles. The standard InChI is InChI=1S/C24H30ClN3O4S/c1-17-14-27(15-18(2)32-17)16-19-5-7-20(8-6-19)24(29)26-21-9-10-22(25)23(13-21)33(30,31)28-11-3-4-12-28/h5-10,13,17-18H,3-4,11-12,14-16H2,1-2H3,(H,26,29). The van der Waals surface area contributed by atoms with Gasteiger partial charge in [-0.2, -0.15) is 4.31 Å². The van der Waals surface area contributed by atoms with Gasteiger partial charge in [-0.1, -0.05) is 23.7 Å². The van der Waals surface area contributed by atoms with Crippen LogP contribution in [0.4, 0.5) is 5.69 Å². The van der Waals surface area contributed by atoms with Gasteiger partial charge in [-0.15, -0.1) is 0 Å². The molecule has 178 valence electrons. The van der Waals surface area contributed by atoms with Crippen molar-refractivity contribution in [3.8, 4) is 0 Å². The van der Waals surface area contributed by atoms with E-state index < -0.39 is 10.0 Å². The Morgan fingerprint density at radius 2 is 1.70 bits per heavy atom. The fourth-order valence-electron chi connectivity index (χ4n) is 4.48. The van der Waals surface area contributed by atoms with Gasteiger partial charge >= 0.3 is 0 Å². The molecule has 2 fully saturated rings. The van der Waals surface area contributed by atoms with Crippen LogP contribution < -0.4 is 5.32 Å². The number of carbonyl (C=O) groups excluding carboxylic acids is 1. The normalized spacial score (nSPS) is 22.4. The summed E-state index contributed by atoms with van der Waals surface area (Å²) in [4.78, 5) is 15.1. The fraction of sp³-hybridized carbons (Fsp3) is 0.458. The highest BCUT2D eigenvalue weighted by Gasteiger charge is 2.29. The van der Waals surface area contributed by atoms with E-state index in [0.717, 1.165) is 38.0 Å². The van der Waals surface area contributed by atoms with E-state index in [4.69, 9.17) is 16.3 Å². The van der Waals surface area contributed by atoms with Crippen molar-refractivity contribution >= 4 is 33.2 Å². The molecule has 0 aromatic heterocycles. The molecule has 2 atom stereocenters. The quantitative estimate of drug-likeness (QED) is 0.661. The van der Waals surface area contributed by atoms with Crippen molar-refractivity contribution < 1.29 is 17.9 Å². The van der Waals surface area contributed by atoms with E-state index >= 15 is 0 Å². The van der Waals surface area contributed by atoms with Crippen LogP contribution in [-0.4, -0.2) is 61.9 Å². The summed E-state index contributed by atoms with van der Waals surface area (Å²) in [5, 5.41) is 2.94. The molecule has 0 spiro atoms. The molecule has 4 rings (SSSR count). The van der Waals surface area contributed by atoms with Crippen molar-refractivity contribution in [3.05, 3.63) is 58.6 Å². The van der Waals surface area contributed by atoms with Crippen molar-refractivity contribution in [1.82, 2.24) is 9.21 Å². The Hall–Kier alpha value is -1.97. The number of hydrogen-bond donors (Lipinski definition) is 1. The van der Waals surface area contributed by atoms with Crippen LogP contribution in [0.1, 0.15) is 42.6 Å². The lowest BCUT2D eigenvalue weighted by Gasteiger charge is -2.35. The van der Waals surface area contributed by atoms with E-state index in [1.165, 1.54) is 16.4 Å². The van der Waals surface area contributed by atoms with Gasteiger partial charge in [-0.05, 0) is 62.6 Å². The van der Waals surface area contributed by atoms with E-state index in [0.29, 0.717) is 24.3 Å². The lowest BCUT2D eigenvalue weighted by Crippen LogP contribution is -2.44. The van der Waals surface area contributed by atoms with Crippen LogP contribution in [0.2, 0.25) is 5.02 Å². The summed E-state index contributed by atoms with van der Waals surface area (Å²) in [6.45, 7) is 7.70. The van der Waals surface area contributed by atoms with Crippen LogP contribution in [-0.2, 0) is 21.3 Å². The summed E-state index contributed by atoms with van der Waals surface area (Å²) in [5.41, 5.74) is 2.02. The number of anilines is 1. The number of hydrogen-bond acceptors (Lipinski definition) is 5. The van der Waals surface area contributed by atoms with Crippen LogP contribution in [0, 0.1) is 0 Å². The molecular formula is C24H30ClN3O4S. The van der Waals surface area contributed by atoms with Crippen LogP contribution in [0.3, 0.4) is 0 Å². The molecule has 9 heteroatoms. The van der Waals surface area contributed by atoms with Crippen molar-refractivity contribution in [3.63, 3.8) is 0 Å². The van der Waals surface area contributed by atoms with Gasteiger partial charge in [0.1, 0.15) is 4.90 Å². The number of rotatable bonds is 6. The molecule has 1 amide bonds. The summed E-state index contributed by atoms with van der Waals surface area (Å²) < 4.78 is 33.1. The van der Waals surface area contributed by atoms with E-state index in [2.05, 4.69) is 24.1 Å². The molecular weight excluding hydrogens is 462 g/mol. The summed E-state index contributed by atoms with van der Waals surface area (Å²) in [6.07, 6.45) is 2.09. The minimum atomic E-state index is -3.68. The molecule has 0 aliphatic carbocycles. The maximum atomic E-state index is 12.9. The first-order chi connectivity index (χ1) is 15.7. The van der Waals surface area contributed by atoms with E-state index in [-0.39, 0.29) is 28.0 Å². The average molecular weight is 492 g/mol. The molecule has 2 aromatic rings. The smallest absolute Gasteiger partial charge is 0.255 e. The minimum absolute atomic E-state index is 0.0215. The molecule has 33 heavy (non-hydrogen) atoms. The first-order valence-electron chi connectivity index (χ1n) is 11.3. The first kappa shape index (κ1) is 24.2. The number of sulfonamides is 1. The van der Waals surface area contributed by atoms with Gasteiger partial charge in [0.15, 0.2) is 0 Å². The Labute approximate surface area is 200 Å². The number of nitrogens with one attached hydrogen (secondary N) is 1. The Morgan fingerprint density at radius 3 is 2.33 bits per heavy atom. The Bertz CT molecular complexity index is 1090. The highest BCUT2D eigenvalue weighted by Crippen LogP contribution is 2.30. The molecule has 2 saturated heterocycles. The molecule has 0 bridgehead atoms. The van der Waals surface area contributed by atoms with Crippen LogP contribution in [0.5, 0.6) is 0 Å². The second-order valence-electron chi connectivity index (χ2n) is 8.86. The van der Waals surface area contributed by atoms with E-state index in [1.807, 2.05) is 12.1 Å². The molecule has 7 nitrogen and oxygen atoms in total. The largest absolute Gasteiger partial charge is 0.373 e. The number of benzene rings is 2. The molecule has 2 aromatic carbocycles. The number of nitrogens with zero attached hydrogens (tertiary/aromatic N) is 2. The maximum absolute atomic E-state index is 12.9. The molecule has 1 N–H and O–H groups in total. The summed E-state index contributed by atoms with van der Waals surface area (Å²) in [5.74, 6) is -0.304. The second kappa shape index (κ2) is 10.1. The molecule has 0 radical (unpaired) electrons. The van der Waals surface area contributed by atoms with E-state index in [1.54, 1.807) is 18.2 Å². The predicted octanol–water partition coefficient (Wildman–Crippen LogP) is 3.99. The third-order valence-electron chi connectivity index (χ3n) is 5.99. The lowest BCUT2D eigenvalue weighted by molar-refractivity contribution is -0.0704. The third kappa shape index (κ3) is 5.75. The van der Waals surface area contributed by atoms with Crippen molar-refractivity contribution in [1.29, 1.82) is 0 Å². The topological polar surface area (TPSA) is 79.0 Å². The van der Waals surface area contributed by atoms with Gasteiger partial charge in [0.2, 0.25) is 10.0 Å². The summed E-state index contributed by atoms with van der Waals surface area (Å²) in [7, 11) is -3.68. The predicted molar refractivity (Wildman–Crippen MR) is 129 cm³/mol. The summed E-state index contributed by atoms with van der Waals surface area (Å²) >= 11 is 6.20. The first-order valence-corrected chi connectivity index (χ1v) is 13.1. The molecule has 2 aliphatic heterocycles. The van der Waals surface area contributed by atoms with Gasteiger partial charge in [-0.25, -0.2) is 8.42 Å². The monoisotopic (exact) mass is 491 g/mol. The zero-order valence-electron chi connectivity index (χ0n) is 19.0. The van der Waals surface area contributed by atoms with Gasteiger partial charge < -0.3 is 10.1 Å².